The second-order valence-electron chi connectivity index (χ2n) is 4.66. The van der Waals surface area contributed by atoms with Crippen molar-refractivity contribution in [2.75, 3.05) is 6.61 Å². The van der Waals surface area contributed by atoms with Crippen LogP contribution in [0.2, 0.25) is 0 Å². The summed E-state index contributed by atoms with van der Waals surface area (Å²) in [7, 11) is 0. The number of aryl methyl sites for hydroxylation is 1. The molecule has 1 fully saturated rings. The van der Waals surface area contributed by atoms with Crippen LogP contribution < -0.4 is 4.74 Å². The van der Waals surface area contributed by atoms with E-state index in [0.717, 1.165) is 12.0 Å². The lowest BCUT2D eigenvalue weighted by Gasteiger charge is -2.40. The first kappa shape index (κ1) is 15.7. The maximum atomic E-state index is 11.1. The lowest BCUT2D eigenvalue weighted by atomic mass is 9.91. The van der Waals surface area contributed by atoms with E-state index in [1.807, 2.05) is 13.0 Å². The Morgan fingerprint density at radius 3 is 2.75 bits per heavy atom. The summed E-state index contributed by atoms with van der Waals surface area (Å²) >= 11 is 6.78. The van der Waals surface area contributed by atoms with E-state index in [9.17, 15) is 10.1 Å². The predicted octanol–water partition coefficient (Wildman–Crippen LogP) is 3.99. The van der Waals surface area contributed by atoms with E-state index in [0.29, 0.717) is 16.8 Å². The molecule has 1 aromatic rings. The molecule has 0 radical (unpaired) electrons. The Morgan fingerprint density at radius 2 is 2.20 bits per heavy atom. The summed E-state index contributed by atoms with van der Waals surface area (Å²) in [6, 6.07) is 3.27. The van der Waals surface area contributed by atoms with Gasteiger partial charge in [-0.15, -0.1) is 0 Å². The molecule has 1 aromatic carbocycles. The van der Waals surface area contributed by atoms with Crippen molar-refractivity contribution >= 4 is 37.5 Å². The van der Waals surface area contributed by atoms with Gasteiger partial charge in [-0.1, -0.05) is 31.9 Å². The van der Waals surface area contributed by atoms with Gasteiger partial charge in [0, 0.05) is 28.4 Å². The monoisotopic (exact) mass is 407 g/mol. The molecule has 0 aromatic heterocycles. The summed E-state index contributed by atoms with van der Waals surface area (Å²) in [6.07, 6.45) is 0.553. The molecular formula is C13H15Br2NO4. The lowest BCUT2D eigenvalue weighted by Crippen LogP contribution is -2.52. The zero-order valence-electron chi connectivity index (χ0n) is 11.1. The number of nitro benzene ring substituents is 1. The highest BCUT2D eigenvalue weighted by molar-refractivity contribution is 9.10. The summed E-state index contributed by atoms with van der Waals surface area (Å²) < 4.78 is 12.1. The molecule has 3 atom stereocenters. The highest BCUT2D eigenvalue weighted by Gasteiger charge is 2.43. The Balaban J connectivity index is 2.23. The number of hydrogen-bond donors (Lipinski definition) is 0. The highest BCUT2D eigenvalue weighted by Crippen LogP contribution is 2.40. The van der Waals surface area contributed by atoms with Crippen LogP contribution in [0.15, 0.2) is 16.6 Å². The Bertz CT molecular complexity index is 523. The van der Waals surface area contributed by atoms with Crippen molar-refractivity contribution in [2.24, 2.45) is 0 Å². The van der Waals surface area contributed by atoms with Crippen LogP contribution in [-0.4, -0.2) is 28.6 Å². The van der Waals surface area contributed by atoms with Crippen LogP contribution in [0.1, 0.15) is 18.9 Å². The molecule has 0 amide bonds. The average Bonchev–Trinajstić information content (AvgIpc) is 2.37. The fourth-order valence-corrected chi connectivity index (χ4v) is 3.62. The molecule has 20 heavy (non-hydrogen) atoms. The van der Waals surface area contributed by atoms with Crippen molar-refractivity contribution in [1.82, 2.24) is 0 Å². The van der Waals surface area contributed by atoms with Gasteiger partial charge >= 0.3 is 5.69 Å². The number of benzene rings is 1. The molecule has 1 saturated carbocycles. The lowest BCUT2D eigenvalue weighted by molar-refractivity contribution is -0.386. The Hall–Kier alpha value is -0.660. The van der Waals surface area contributed by atoms with E-state index >= 15 is 0 Å². The summed E-state index contributed by atoms with van der Waals surface area (Å²) in [6.45, 7) is 4.31. The Kier molecular flexibility index (Phi) is 5.04. The van der Waals surface area contributed by atoms with E-state index in [4.69, 9.17) is 9.47 Å². The largest absolute Gasteiger partial charge is 0.480 e. The van der Waals surface area contributed by atoms with Crippen molar-refractivity contribution in [1.29, 1.82) is 0 Å². The fourth-order valence-electron chi connectivity index (χ4n) is 2.20. The number of nitrogens with zero attached hydrogens (tertiary/aromatic N) is 1. The molecule has 2 rings (SSSR count). The van der Waals surface area contributed by atoms with Gasteiger partial charge in [0.05, 0.1) is 4.92 Å². The smallest absolute Gasteiger partial charge is 0.312 e. The van der Waals surface area contributed by atoms with E-state index < -0.39 is 4.92 Å². The number of ether oxygens (including phenoxy) is 2. The van der Waals surface area contributed by atoms with Crippen LogP contribution in [0.4, 0.5) is 5.69 Å². The van der Waals surface area contributed by atoms with Crippen molar-refractivity contribution in [3.05, 3.63) is 32.3 Å². The molecule has 0 saturated heterocycles. The van der Waals surface area contributed by atoms with Crippen LogP contribution in [0.25, 0.3) is 0 Å². The second-order valence-corrected chi connectivity index (χ2v) is 6.75. The minimum atomic E-state index is -0.424. The predicted molar refractivity (Wildman–Crippen MR) is 82.7 cm³/mol. The van der Waals surface area contributed by atoms with E-state index in [1.54, 1.807) is 6.92 Å². The second kappa shape index (κ2) is 6.41. The van der Waals surface area contributed by atoms with Crippen LogP contribution in [-0.2, 0) is 4.74 Å². The van der Waals surface area contributed by atoms with Gasteiger partial charge in [0.25, 0.3) is 0 Å². The normalized spacial score (nSPS) is 25.1. The molecule has 5 nitrogen and oxygen atoms in total. The first-order valence-corrected chi connectivity index (χ1v) is 8.01. The quantitative estimate of drug-likeness (QED) is 0.420. The molecular weight excluding hydrogens is 394 g/mol. The highest BCUT2D eigenvalue weighted by atomic mass is 79.9. The summed E-state index contributed by atoms with van der Waals surface area (Å²) in [5, 5.41) is 11.1. The molecule has 7 heteroatoms. The number of halogens is 2. The number of hydrogen-bond acceptors (Lipinski definition) is 4. The maximum Gasteiger partial charge on any atom is 0.312 e. The number of alkyl halides is 1. The van der Waals surface area contributed by atoms with Crippen molar-refractivity contribution < 1.29 is 14.4 Å². The SMILES string of the molecule is CCOC1C(Br)CC1Oc1c(C)cc(Br)cc1[N+](=O)[O-]. The third-order valence-corrected chi connectivity index (χ3v) is 4.58. The molecule has 0 spiro atoms. The fraction of sp³-hybridized carbons (Fsp3) is 0.538. The van der Waals surface area contributed by atoms with Crippen molar-refractivity contribution in [2.45, 2.75) is 37.3 Å². The maximum absolute atomic E-state index is 11.1. The van der Waals surface area contributed by atoms with E-state index in [1.165, 1.54) is 6.07 Å². The van der Waals surface area contributed by atoms with Gasteiger partial charge in [-0.2, -0.15) is 0 Å². The average molecular weight is 409 g/mol. The summed E-state index contributed by atoms with van der Waals surface area (Å²) in [5.74, 6) is 0.326. The third kappa shape index (κ3) is 3.15. The number of nitro groups is 1. The molecule has 3 unspecified atom stereocenters. The topological polar surface area (TPSA) is 61.6 Å². The molecule has 1 aliphatic rings. The summed E-state index contributed by atoms with van der Waals surface area (Å²) in [4.78, 5) is 11.0. The van der Waals surface area contributed by atoms with Gasteiger partial charge in [-0.05, 0) is 25.5 Å². The zero-order chi connectivity index (χ0) is 14.9. The summed E-state index contributed by atoms with van der Waals surface area (Å²) in [5.41, 5.74) is 0.712. The first-order valence-electron chi connectivity index (χ1n) is 6.31. The van der Waals surface area contributed by atoms with E-state index in [-0.39, 0.29) is 22.7 Å². The molecule has 0 heterocycles. The Labute approximate surface area is 134 Å². The van der Waals surface area contributed by atoms with Gasteiger partial charge in [0.15, 0.2) is 0 Å². The molecule has 110 valence electrons. The van der Waals surface area contributed by atoms with Gasteiger partial charge in [0.2, 0.25) is 5.75 Å². The zero-order valence-corrected chi connectivity index (χ0v) is 14.3. The molecule has 0 aliphatic heterocycles. The minimum Gasteiger partial charge on any atom is -0.480 e. The standard InChI is InChI=1S/C13H15Br2NO4/c1-3-19-13-9(15)6-11(13)20-12-7(2)4-8(14)5-10(12)16(17)18/h4-5,9,11,13H,3,6H2,1-2H3. The van der Waals surface area contributed by atoms with Gasteiger partial charge in [-0.3, -0.25) is 10.1 Å². The van der Waals surface area contributed by atoms with Gasteiger partial charge in [-0.25, -0.2) is 0 Å². The third-order valence-electron chi connectivity index (χ3n) is 3.23. The van der Waals surface area contributed by atoms with Gasteiger partial charge in [0.1, 0.15) is 12.2 Å². The number of rotatable bonds is 5. The van der Waals surface area contributed by atoms with Crippen LogP contribution in [0.3, 0.4) is 0 Å². The van der Waals surface area contributed by atoms with Crippen molar-refractivity contribution in [3.63, 3.8) is 0 Å². The minimum absolute atomic E-state index is 0.0230. The first-order chi connectivity index (χ1) is 9.43. The van der Waals surface area contributed by atoms with Crippen LogP contribution in [0.5, 0.6) is 5.75 Å². The molecule has 0 bridgehead atoms. The van der Waals surface area contributed by atoms with Crippen LogP contribution >= 0.6 is 31.9 Å². The van der Waals surface area contributed by atoms with Gasteiger partial charge < -0.3 is 9.47 Å². The van der Waals surface area contributed by atoms with E-state index in [2.05, 4.69) is 31.9 Å². The molecule has 1 aliphatic carbocycles. The molecule has 0 N–H and O–H groups in total. The van der Waals surface area contributed by atoms with Crippen molar-refractivity contribution in [3.8, 4) is 5.75 Å². The Morgan fingerprint density at radius 1 is 1.50 bits per heavy atom. The van der Waals surface area contributed by atoms with Crippen LogP contribution in [0, 0.1) is 17.0 Å².